The van der Waals surface area contributed by atoms with Crippen molar-refractivity contribution in [2.75, 3.05) is 19.8 Å². The molecular formula is C9H16FNO. The molecule has 0 spiro atoms. The second kappa shape index (κ2) is 3.30. The summed E-state index contributed by atoms with van der Waals surface area (Å²) in [6.07, 6.45) is 3.63. The lowest BCUT2D eigenvalue weighted by atomic mass is 10.00. The van der Waals surface area contributed by atoms with Crippen molar-refractivity contribution < 1.29 is 9.50 Å². The Morgan fingerprint density at radius 1 is 1.42 bits per heavy atom. The molecule has 1 N–H and O–H groups in total. The molecule has 0 aromatic carbocycles. The fraction of sp³-hybridized carbons (Fsp3) is 1.00. The SMILES string of the molecule is OC[C@@H]1[C@@H]2CC[C@@H](C2)N1CCF. The number of hydrogen-bond donors (Lipinski definition) is 1. The van der Waals surface area contributed by atoms with Crippen LogP contribution in [0.4, 0.5) is 4.39 Å². The van der Waals surface area contributed by atoms with Gasteiger partial charge in [0, 0.05) is 18.6 Å². The van der Waals surface area contributed by atoms with Crippen LogP contribution in [0.2, 0.25) is 0 Å². The molecule has 12 heavy (non-hydrogen) atoms. The van der Waals surface area contributed by atoms with E-state index in [9.17, 15) is 4.39 Å². The zero-order valence-electron chi connectivity index (χ0n) is 7.25. The van der Waals surface area contributed by atoms with Gasteiger partial charge in [-0.1, -0.05) is 0 Å². The van der Waals surface area contributed by atoms with Crippen molar-refractivity contribution in [3.8, 4) is 0 Å². The number of nitrogens with zero attached hydrogens (tertiary/aromatic N) is 1. The maximum absolute atomic E-state index is 12.2. The number of likely N-dealkylation sites (tertiary alicyclic amines) is 1. The molecule has 2 aliphatic rings. The number of alkyl halides is 1. The summed E-state index contributed by atoms with van der Waals surface area (Å²) in [4.78, 5) is 2.16. The highest BCUT2D eigenvalue weighted by atomic mass is 19.1. The summed E-state index contributed by atoms with van der Waals surface area (Å²) >= 11 is 0. The molecule has 1 saturated heterocycles. The van der Waals surface area contributed by atoms with E-state index < -0.39 is 0 Å². The Morgan fingerprint density at radius 3 is 2.92 bits per heavy atom. The van der Waals surface area contributed by atoms with E-state index in [4.69, 9.17) is 5.11 Å². The Labute approximate surface area is 72.4 Å². The van der Waals surface area contributed by atoms with Crippen LogP contribution in [0.15, 0.2) is 0 Å². The zero-order valence-corrected chi connectivity index (χ0v) is 7.25. The van der Waals surface area contributed by atoms with E-state index in [2.05, 4.69) is 4.90 Å². The highest BCUT2D eigenvalue weighted by Gasteiger charge is 2.44. The number of aliphatic hydroxyl groups excluding tert-OH is 1. The minimum Gasteiger partial charge on any atom is -0.395 e. The Bertz CT molecular complexity index is 165. The highest BCUT2D eigenvalue weighted by molar-refractivity contribution is 4.98. The minimum absolute atomic E-state index is 0.209. The first kappa shape index (κ1) is 8.45. The first-order valence-electron chi connectivity index (χ1n) is 4.79. The number of aliphatic hydroxyl groups is 1. The summed E-state index contributed by atoms with van der Waals surface area (Å²) in [5.41, 5.74) is 0. The predicted molar refractivity (Wildman–Crippen MR) is 44.7 cm³/mol. The van der Waals surface area contributed by atoms with Gasteiger partial charge in [0.1, 0.15) is 6.67 Å². The van der Waals surface area contributed by atoms with Crippen LogP contribution in [0.25, 0.3) is 0 Å². The topological polar surface area (TPSA) is 23.5 Å². The molecule has 0 unspecified atom stereocenters. The van der Waals surface area contributed by atoms with E-state index in [1.165, 1.54) is 19.3 Å². The van der Waals surface area contributed by atoms with Crippen molar-refractivity contribution in [1.82, 2.24) is 4.90 Å². The molecule has 3 atom stereocenters. The van der Waals surface area contributed by atoms with Crippen molar-refractivity contribution in [1.29, 1.82) is 0 Å². The van der Waals surface area contributed by atoms with E-state index >= 15 is 0 Å². The van der Waals surface area contributed by atoms with Crippen LogP contribution in [-0.4, -0.2) is 41.9 Å². The quantitative estimate of drug-likeness (QED) is 0.682. The number of rotatable bonds is 3. The molecule has 0 aromatic heterocycles. The van der Waals surface area contributed by atoms with Crippen LogP contribution in [-0.2, 0) is 0 Å². The number of fused-ring (bicyclic) bond motifs is 2. The third-order valence-electron chi connectivity index (χ3n) is 3.41. The maximum Gasteiger partial charge on any atom is 0.102 e. The fourth-order valence-corrected chi connectivity index (χ4v) is 2.88. The summed E-state index contributed by atoms with van der Waals surface area (Å²) in [7, 11) is 0. The molecule has 1 aliphatic heterocycles. The van der Waals surface area contributed by atoms with Crippen molar-refractivity contribution in [3.05, 3.63) is 0 Å². The lowest BCUT2D eigenvalue weighted by Crippen LogP contribution is -2.44. The first-order chi connectivity index (χ1) is 5.86. The van der Waals surface area contributed by atoms with Crippen LogP contribution in [0, 0.1) is 5.92 Å². The maximum atomic E-state index is 12.2. The second-order valence-corrected chi connectivity index (χ2v) is 3.90. The summed E-state index contributed by atoms with van der Waals surface area (Å²) < 4.78 is 12.2. The van der Waals surface area contributed by atoms with E-state index in [-0.39, 0.29) is 19.3 Å². The lowest BCUT2D eigenvalue weighted by Gasteiger charge is -2.33. The normalized spacial score (nSPS) is 41.0. The smallest absolute Gasteiger partial charge is 0.102 e. The summed E-state index contributed by atoms with van der Waals surface area (Å²) in [5, 5.41) is 9.12. The Balaban J connectivity index is 2.01. The zero-order chi connectivity index (χ0) is 8.55. The van der Waals surface area contributed by atoms with E-state index in [0.717, 1.165) is 0 Å². The average molecular weight is 173 g/mol. The molecule has 2 rings (SSSR count). The molecule has 1 heterocycles. The molecule has 2 fully saturated rings. The molecule has 0 amide bonds. The molecule has 3 heteroatoms. The van der Waals surface area contributed by atoms with Crippen molar-refractivity contribution in [2.45, 2.75) is 31.3 Å². The minimum atomic E-state index is -0.278. The molecule has 0 aromatic rings. The Hall–Kier alpha value is -0.150. The van der Waals surface area contributed by atoms with Gasteiger partial charge in [0.25, 0.3) is 0 Å². The van der Waals surface area contributed by atoms with E-state index in [1.807, 2.05) is 0 Å². The van der Waals surface area contributed by atoms with Gasteiger partial charge in [0.05, 0.1) is 6.61 Å². The van der Waals surface area contributed by atoms with Gasteiger partial charge in [-0.15, -0.1) is 0 Å². The summed E-state index contributed by atoms with van der Waals surface area (Å²) in [6, 6.07) is 0.836. The number of halogens is 1. The lowest BCUT2D eigenvalue weighted by molar-refractivity contribution is 0.0788. The molecule has 0 radical (unpaired) electrons. The average Bonchev–Trinajstić information content (AvgIpc) is 2.64. The fourth-order valence-electron chi connectivity index (χ4n) is 2.88. The van der Waals surface area contributed by atoms with Crippen LogP contribution in [0.5, 0.6) is 0 Å². The molecule has 2 bridgehead atoms. The van der Waals surface area contributed by atoms with Crippen LogP contribution < -0.4 is 0 Å². The molecular weight excluding hydrogens is 157 g/mol. The second-order valence-electron chi connectivity index (χ2n) is 3.90. The van der Waals surface area contributed by atoms with Gasteiger partial charge < -0.3 is 5.11 Å². The van der Waals surface area contributed by atoms with Gasteiger partial charge in [0.15, 0.2) is 0 Å². The number of hydrogen-bond acceptors (Lipinski definition) is 2. The standard InChI is InChI=1S/C9H16FNO/c10-3-4-11-8-2-1-7(5-8)9(11)6-12/h7-9,12H,1-6H2/t7-,8+,9-/m1/s1. The van der Waals surface area contributed by atoms with E-state index in [1.54, 1.807) is 0 Å². The van der Waals surface area contributed by atoms with Crippen LogP contribution in [0.3, 0.4) is 0 Å². The van der Waals surface area contributed by atoms with Gasteiger partial charge in [-0.2, -0.15) is 0 Å². The van der Waals surface area contributed by atoms with Gasteiger partial charge >= 0.3 is 0 Å². The number of piperidine rings is 1. The van der Waals surface area contributed by atoms with E-state index in [0.29, 0.717) is 18.5 Å². The Kier molecular flexibility index (Phi) is 2.33. The van der Waals surface area contributed by atoms with Gasteiger partial charge in [-0.05, 0) is 25.2 Å². The monoisotopic (exact) mass is 173 g/mol. The van der Waals surface area contributed by atoms with Gasteiger partial charge in [0.2, 0.25) is 0 Å². The van der Waals surface area contributed by atoms with Crippen molar-refractivity contribution >= 4 is 0 Å². The molecule has 2 nitrogen and oxygen atoms in total. The largest absolute Gasteiger partial charge is 0.395 e. The van der Waals surface area contributed by atoms with Crippen molar-refractivity contribution in [3.63, 3.8) is 0 Å². The third-order valence-corrected chi connectivity index (χ3v) is 3.41. The highest BCUT2D eigenvalue weighted by Crippen LogP contribution is 2.41. The van der Waals surface area contributed by atoms with Gasteiger partial charge in [-0.25, -0.2) is 4.39 Å². The Morgan fingerprint density at radius 2 is 2.25 bits per heavy atom. The predicted octanol–water partition coefficient (Wildman–Crippen LogP) is 0.801. The van der Waals surface area contributed by atoms with Crippen LogP contribution >= 0.6 is 0 Å². The molecule has 70 valence electrons. The molecule has 1 saturated carbocycles. The summed E-state index contributed by atoms with van der Waals surface area (Å²) in [5.74, 6) is 0.645. The van der Waals surface area contributed by atoms with Gasteiger partial charge in [-0.3, -0.25) is 4.90 Å². The first-order valence-corrected chi connectivity index (χ1v) is 4.79. The third kappa shape index (κ3) is 1.15. The summed E-state index contributed by atoms with van der Waals surface area (Å²) in [6.45, 7) is 0.452. The molecule has 1 aliphatic carbocycles. The van der Waals surface area contributed by atoms with Crippen LogP contribution in [0.1, 0.15) is 19.3 Å². The van der Waals surface area contributed by atoms with Crippen molar-refractivity contribution in [2.24, 2.45) is 5.92 Å².